The first-order valence-electron chi connectivity index (χ1n) is 6.89. The van der Waals surface area contributed by atoms with E-state index in [-0.39, 0.29) is 24.4 Å². The summed E-state index contributed by atoms with van der Waals surface area (Å²) < 4.78 is 4.95. The molecule has 1 fully saturated rings. The topological polar surface area (TPSA) is 84.5 Å². The highest BCUT2D eigenvalue weighted by molar-refractivity contribution is 5.94. The fourth-order valence-corrected chi connectivity index (χ4v) is 1.97. The van der Waals surface area contributed by atoms with Crippen molar-refractivity contribution in [1.82, 2.24) is 0 Å². The van der Waals surface area contributed by atoms with E-state index in [1.54, 1.807) is 24.3 Å². The Kier molecular flexibility index (Phi) is 4.92. The fraction of sp³-hybridized carbons (Fsp3) is 0.400. The highest BCUT2D eigenvalue weighted by atomic mass is 16.5. The molecule has 6 heteroatoms. The van der Waals surface area contributed by atoms with Gasteiger partial charge in [-0.15, -0.1) is 0 Å². The maximum absolute atomic E-state index is 11.7. The van der Waals surface area contributed by atoms with Crippen LogP contribution in [0.4, 0.5) is 11.4 Å². The standard InChI is InChI=1S/C15H18N2O4/c1-10(18)16-12-6-3-7-13(8-12)17-14(19)9-21-15(20)11-4-2-5-11/h3,6-8,11H,2,4-5,9H2,1H3,(H,16,18)(H,17,19). The average Bonchev–Trinajstić information content (AvgIpc) is 2.34. The van der Waals surface area contributed by atoms with Crippen molar-refractivity contribution in [3.05, 3.63) is 24.3 Å². The van der Waals surface area contributed by atoms with Crippen molar-refractivity contribution in [3.8, 4) is 0 Å². The molecule has 6 nitrogen and oxygen atoms in total. The zero-order chi connectivity index (χ0) is 15.2. The van der Waals surface area contributed by atoms with E-state index in [4.69, 9.17) is 4.74 Å². The van der Waals surface area contributed by atoms with Crippen LogP contribution in [0.15, 0.2) is 24.3 Å². The SMILES string of the molecule is CC(=O)Nc1cccc(NC(=O)COC(=O)C2CCC2)c1. The van der Waals surface area contributed by atoms with Crippen LogP contribution in [0.1, 0.15) is 26.2 Å². The number of rotatable bonds is 5. The van der Waals surface area contributed by atoms with Gasteiger partial charge >= 0.3 is 5.97 Å². The van der Waals surface area contributed by atoms with Gasteiger partial charge in [-0.05, 0) is 31.0 Å². The van der Waals surface area contributed by atoms with E-state index in [2.05, 4.69) is 10.6 Å². The Morgan fingerprint density at radius 3 is 2.43 bits per heavy atom. The monoisotopic (exact) mass is 290 g/mol. The smallest absolute Gasteiger partial charge is 0.309 e. The molecule has 2 amide bonds. The summed E-state index contributed by atoms with van der Waals surface area (Å²) in [6.45, 7) is 1.12. The molecule has 1 aliphatic carbocycles. The molecule has 1 aromatic rings. The third kappa shape index (κ3) is 4.59. The first-order valence-corrected chi connectivity index (χ1v) is 6.89. The molecule has 0 radical (unpaired) electrons. The van der Waals surface area contributed by atoms with Crippen molar-refractivity contribution < 1.29 is 19.1 Å². The van der Waals surface area contributed by atoms with Crippen molar-refractivity contribution in [2.45, 2.75) is 26.2 Å². The van der Waals surface area contributed by atoms with E-state index in [1.165, 1.54) is 6.92 Å². The minimum atomic E-state index is -0.400. The molecule has 2 rings (SSSR count). The van der Waals surface area contributed by atoms with E-state index >= 15 is 0 Å². The van der Waals surface area contributed by atoms with Crippen LogP contribution in [0.5, 0.6) is 0 Å². The van der Waals surface area contributed by atoms with Crippen molar-refractivity contribution >= 4 is 29.2 Å². The molecule has 2 N–H and O–H groups in total. The Morgan fingerprint density at radius 2 is 1.86 bits per heavy atom. The van der Waals surface area contributed by atoms with Gasteiger partial charge in [0, 0.05) is 18.3 Å². The molecule has 112 valence electrons. The minimum Gasteiger partial charge on any atom is -0.455 e. The molecule has 0 unspecified atom stereocenters. The second-order valence-electron chi connectivity index (χ2n) is 5.05. The fourth-order valence-electron chi connectivity index (χ4n) is 1.97. The minimum absolute atomic E-state index is 0.0408. The van der Waals surface area contributed by atoms with Gasteiger partial charge in [0.15, 0.2) is 6.61 Å². The summed E-state index contributed by atoms with van der Waals surface area (Å²) in [5, 5.41) is 5.24. The third-order valence-corrected chi connectivity index (χ3v) is 3.25. The number of carbonyl (C=O) groups is 3. The number of esters is 1. The second-order valence-corrected chi connectivity index (χ2v) is 5.05. The molecule has 1 aliphatic rings. The molecule has 21 heavy (non-hydrogen) atoms. The maximum Gasteiger partial charge on any atom is 0.309 e. The highest BCUT2D eigenvalue weighted by Crippen LogP contribution is 2.27. The number of hydrogen-bond donors (Lipinski definition) is 2. The second kappa shape index (κ2) is 6.88. The Balaban J connectivity index is 1.81. The molecule has 0 atom stereocenters. The summed E-state index contributed by atoms with van der Waals surface area (Å²) in [5.74, 6) is -0.931. The van der Waals surface area contributed by atoms with E-state index in [9.17, 15) is 14.4 Å². The van der Waals surface area contributed by atoms with Gasteiger partial charge in [-0.1, -0.05) is 12.5 Å². The Labute approximate surface area is 122 Å². The first kappa shape index (κ1) is 15.0. The van der Waals surface area contributed by atoms with Crippen LogP contribution >= 0.6 is 0 Å². The van der Waals surface area contributed by atoms with E-state index in [0.29, 0.717) is 11.4 Å². The molecule has 0 heterocycles. The average molecular weight is 290 g/mol. The Hall–Kier alpha value is -2.37. The van der Waals surface area contributed by atoms with Gasteiger partial charge in [-0.2, -0.15) is 0 Å². The first-order chi connectivity index (χ1) is 10.0. The number of carbonyl (C=O) groups excluding carboxylic acids is 3. The molecular weight excluding hydrogens is 272 g/mol. The number of amides is 2. The number of ether oxygens (including phenoxy) is 1. The quantitative estimate of drug-likeness (QED) is 0.811. The molecule has 1 saturated carbocycles. The normalized spacial score (nSPS) is 14.0. The number of anilines is 2. The van der Waals surface area contributed by atoms with Crippen LogP contribution in [0.25, 0.3) is 0 Å². The van der Waals surface area contributed by atoms with Crippen LogP contribution in [-0.2, 0) is 19.1 Å². The zero-order valence-electron chi connectivity index (χ0n) is 11.8. The molecule has 0 spiro atoms. The summed E-state index contributed by atoms with van der Waals surface area (Å²) in [7, 11) is 0. The molecule has 0 saturated heterocycles. The van der Waals surface area contributed by atoms with Crippen molar-refractivity contribution in [1.29, 1.82) is 0 Å². The predicted molar refractivity (Wildman–Crippen MR) is 77.7 cm³/mol. The Bertz CT molecular complexity index is 552. The van der Waals surface area contributed by atoms with E-state index in [0.717, 1.165) is 19.3 Å². The van der Waals surface area contributed by atoms with Crippen molar-refractivity contribution in [2.75, 3.05) is 17.2 Å². The van der Waals surface area contributed by atoms with Gasteiger partial charge in [0.1, 0.15) is 0 Å². The van der Waals surface area contributed by atoms with Gasteiger partial charge in [0.05, 0.1) is 5.92 Å². The Morgan fingerprint density at radius 1 is 1.19 bits per heavy atom. The highest BCUT2D eigenvalue weighted by Gasteiger charge is 2.27. The van der Waals surface area contributed by atoms with Gasteiger partial charge in [0.25, 0.3) is 5.91 Å². The lowest BCUT2D eigenvalue weighted by Crippen LogP contribution is -2.28. The summed E-state index contributed by atoms with van der Waals surface area (Å²) >= 11 is 0. The zero-order valence-corrected chi connectivity index (χ0v) is 11.8. The van der Waals surface area contributed by atoms with Crippen LogP contribution < -0.4 is 10.6 Å². The van der Waals surface area contributed by atoms with E-state index in [1.807, 2.05) is 0 Å². The van der Waals surface area contributed by atoms with Crippen LogP contribution in [0.2, 0.25) is 0 Å². The molecule has 0 aromatic heterocycles. The molecule has 0 aliphatic heterocycles. The van der Waals surface area contributed by atoms with Gasteiger partial charge in [-0.3, -0.25) is 14.4 Å². The lowest BCUT2D eigenvalue weighted by molar-refractivity contribution is -0.154. The van der Waals surface area contributed by atoms with Gasteiger partial charge in [0.2, 0.25) is 5.91 Å². The predicted octanol–water partition coefficient (Wildman–Crippen LogP) is 1.93. The van der Waals surface area contributed by atoms with Crippen LogP contribution in [0, 0.1) is 5.92 Å². The lowest BCUT2D eigenvalue weighted by atomic mass is 9.86. The van der Waals surface area contributed by atoms with Gasteiger partial charge < -0.3 is 15.4 Å². The molecule has 0 bridgehead atoms. The summed E-state index contributed by atoms with van der Waals surface area (Å²) in [4.78, 5) is 34.2. The largest absolute Gasteiger partial charge is 0.455 e. The van der Waals surface area contributed by atoms with Crippen molar-refractivity contribution in [3.63, 3.8) is 0 Å². The third-order valence-electron chi connectivity index (χ3n) is 3.25. The molecular formula is C15H18N2O4. The molecule has 1 aromatic carbocycles. The van der Waals surface area contributed by atoms with Crippen molar-refractivity contribution in [2.24, 2.45) is 5.92 Å². The number of nitrogens with one attached hydrogen (secondary N) is 2. The van der Waals surface area contributed by atoms with E-state index < -0.39 is 5.91 Å². The summed E-state index contributed by atoms with van der Waals surface area (Å²) in [6.07, 6.45) is 2.74. The summed E-state index contributed by atoms with van der Waals surface area (Å²) in [6, 6.07) is 6.75. The number of hydrogen-bond acceptors (Lipinski definition) is 4. The summed E-state index contributed by atoms with van der Waals surface area (Å²) in [5.41, 5.74) is 1.12. The number of benzene rings is 1. The lowest BCUT2D eigenvalue weighted by Gasteiger charge is -2.22. The van der Waals surface area contributed by atoms with Crippen LogP contribution in [0.3, 0.4) is 0 Å². The maximum atomic E-state index is 11.7. The van der Waals surface area contributed by atoms with Crippen LogP contribution in [-0.4, -0.2) is 24.4 Å². The van der Waals surface area contributed by atoms with Gasteiger partial charge in [-0.25, -0.2) is 0 Å².